The van der Waals surface area contributed by atoms with Gasteiger partial charge in [-0.2, -0.15) is 4.31 Å². The Labute approximate surface area is 246 Å². The van der Waals surface area contributed by atoms with E-state index in [0.717, 1.165) is 47.2 Å². The number of rotatable bonds is 10. The van der Waals surface area contributed by atoms with Crippen molar-refractivity contribution in [3.05, 3.63) is 76.3 Å². The van der Waals surface area contributed by atoms with Gasteiger partial charge < -0.3 is 10.2 Å². The van der Waals surface area contributed by atoms with Crippen LogP contribution in [-0.2, 0) is 26.2 Å². The van der Waals surface area contributed by atoms with Crippen molar-refractivity contribution < 1.29 is 18.0 Å². The fraction of sp³-hybridized carbons (Fsp3) is 0.400. The highest BCUT2D eigenvalue weighted by Gasteiger charge is 2.33. The third-order valence-corrected chi connectivity index (χ3v) is 10.0. The molecule has 1 aliphatic carbocycles. The van der Waals surface area contributed by atoms with Crippen molar-refractivity contribution in [2.24, 2.45) is 0 Å². The molecule has 0 saturated heterocycles. The number of nitrogens with one attached hydrogen (secondary N) is 1. The number of amides is 2. The van der Waals surface area contributed by atoms with E-state index in [1.807, 2.05) is 31.2 Å². The number of hydrogen-bond acceptors (Lipinski definition) is 4. The summed E-state index contributed by atoms with van der Waals surface area (Å²) < 4.78 is 28.0. The van der Waals surface area contributed by atoms with Gasteiger partial charge in [0.2, 0.25) is 21.8 Å². The Morgan fingerprint density at radius 3 is 2.25 bits per heavy atom. The first-order valence-corrected chi connectivity index (χ1v) is 15.8. The van der Waals surface area contributed by atoms with Gasteiger partial charge in [-0.25, -0.2) is 8.42 Å². The smallest absolute Gasteiger partial charge is 0.243 e. The lowest BCUT2D eigenvalue weighted by Gasteiger charge is -2.34. The van der Waals surface area contributed by atoms with Gasteiger partial charge in [-0.1, -0.05) is 85.8 Å². The molecule has 4 rings (SSSR count). The first-order valence-electron chi connectivity index (χ1n) is 13.6. The lowest BCUT2D eigenvalue weighted by atomic mass is 9.95. The highest BCUT2D eigenvalue weighted by molar-refractivity contribution is 7.89. The molecule has 0 bridgehead atoms. The Hall–Kier alpha value is -2.65. The van der Waals surface area contributed by atoms with Crippen LogP contribution in [0.2, 0.25) is 10.0 Å². The molecular weight excluding hydrogens is 569 g/mol. The number of benzene rings is 3. The molecule has 7 nitrogen and oxygen atoms in total. The minimum Gasteiger partial charge on any atom is -0.352 e. The predicted molar refractivity (Wildman–Crippen MR) is 160 cm³/mol. The van der Waals surface area contributed by atoms with Crippen molar-refractivity contribution in [2.75, 3.05) is 13.6 Å². The standard InChI is InChI=1S/C30H35Cl2N3O4S/c1-3-28(30(37)33-23-12-5-4-6-13-23)35(19-25-26(31)14-9-15-27(25)32)29(36)20-34(2)40(38,39)24-17-16-21-10-7-8-11-22(21)18-24/h7-11,14-18,23,28H,3-6,12-13,19-20H2,1-2H3,(H,33,37)/t28-/m0/s1. The van der Waals surface area contributed by atoms with E-state index in [1.54, 1.807) is 30.3 Å². The molecule has 0 radical (unpaired) electrons. The molecule has 10 heteroatoms. The number of carbonyl (C=O) groups excluding carboxylic acids is 2. The van der Waals surface area contributed by atoms with Crippen LogP contribution in [0.3, 0.4) is 0 Å². The topological polar surface area (TPSA) is 86.8 Å². The van der Waals surface area contributed by atoms with E-state index in [9.17, 15) is 18.0 Å². The highest BCUT2D eigenvalue weighted by atomic mass is 35.5. The summed E-state index contributed by atoms with van der Waals surface area (Å²) in [6.07, 6.45) is 5.40. The van der Waals surface area contributed by atoms with E-state index in [4.69, 9.17) is 23.2 Å². The van der Waals surface area contributed by atoms with Crippen LogP contribution in [0.25, 0.3) is 10.8 Å². The van der Waals surface area contributed by atoms with Crippen LogP contribution in [-0.4, -0.2) is 55.1 Å². The summed E-state index contributed by atoms with van der Waals surface area (Å²) in [5, 5.41) is 5.54. The van der Waals surface area contributed by atoms with Crippen LogP contribution in [0, 0.1) is 0 Å². The third-order valence-electron chi connectivity index (χ3n) is 7.51. The summed E-state index contributed by atoms with van der Waals surface area (Å²) in [6, 6.07) is 16.6. The van der Waals surface area contributed by atoms with Gasteiger partial charge in [0.25, 0.3) is 0 Å². The number of nitrogens with zero attached hydrogens (tertiary/aromatic N) is 2. The highest BCUT2D eigenvalue weighted by Crippen LogP contribution is 2.28. The first kappa shape index (κ1) is 30.3. The molecule has 1 N–H and O–H groups in total. The Bertz CT molecular complexity index is 1450. The maximum absolute atomic E-state index is 13.8. The molecule has 0 aromatic heterocycles. The predicted octanol–water partition coefficient (Wildman–Crippen LogP) is 6.02. The van der Waals surface area contributed by atoms with E-state index in [0.29, 0.717) is 22.0 Å². The molecule has 0 spiro atoms. The zero-order valence-corrected chi connectivity index (χ0v) is 25.1. The van der Waals surface area contributed by atoms with Gasteiger partial charge in [-0.05, 0) is 54.3 Å². The molecule has 3 aromatic rings. The molecule has 1 aliphatic rings. The minimum atomic E-state index is -3.99. The Morgan fingerprint density at radius 2 is 1.60 bits per heavy atom. The number of fused-ring (bicyclic) bond motifs is 1. The Balaban J connectivity index is 1.60. The van der Waals surface area contributed by atoms with E-state index in [-0.39, 0.29) is 23.4 Å². The summed E-state index contributed by atoms with van der Waals surface area (Å²) in [6.45, 7) is 1.34. The molecule has 3 aromatic carbocycles. The summed E-state index contributed by atoms with van der Waals surface area (Å²) in [5.74, 6) is -0.778. The lowest BCUT2D eigenvalue weighted by Crippen LogP contribution is -2.53. The number of sulfonamides is 1. The van der Waals surface area contributed by atoms with Crippen LogP contribution in [0.4, 0.5) is 0 Å². The maximum Gasteiger partial charge on any atom is 0.243 e. The van der Waals surface area contributed by atoms with E-state index >= 15 is 0 Å². The van der Waals surface area contributed by atoms with Gasteiger partial charge in [0.1, 0.15) is 6.04 Å². The minimum absolute atomic E-state index is 0.0300. The molecule has 0 aliphatic heterocycles. The van der Waals surface area contributed by atoms with E-state index in [2.05, 4.69) is 5.32 Å². The maximum atomic E-state index is 13.8. The van der Waals surface area contributed by atoms with Crippen LogP contribution >= 0.6 is 23.2 Å². The fourth-order valence-electron chi connectivity index (χ4n) is 5.19. The molecule has 0 unspecified atom stereocenters. The number of carbonyl (C=O) groups is 2. The average Bonchev–Trinajstić information content (AvgIpc) is 2.94. The average molecular weight is 605 g/mol. The molecule has 40 heavy (non-hydrogen) atoms. The molecule has 1 fully saturated rings. The van der Waals surface area contributed by atoms with Crippen LogP contribution in [0.15, 0.2) is 65.6 Å². The summed E-state index contributed by atoms with van der Waals surface area (Å²) in [7, 11) is -2.62. The van der Waals surface area contributed by atoms with Gasteiger partial charge in [0, 0.05) is 35.2 Å². The van der Waals surface area contributed by atoms with Gasteiger partial charge in [-0.15, -0.1) is 0 Å². The van der Waals surface area contributed by atoms with Crippen LogP contribution in [0.1, 0.15) is 51.0 Å². The number of hydrogen-bond donors (Lipinski definition) is 1. The molecule has 1 atom stereocenters. The van der Waals surface area contributed by atoms with Gasteiger partial charge in [0.15, 0.2) is 0 Å². The Morgan fingerprint density at radius 1 is 0.950 bits per heavy atom. The SMILES string of the molecule is CC[C@@H](C(=O)NC1CCCCC1)N(Cc1c(Cl)cccc1Cl)C(=O)CN(C)S(=O)(=O)c1ccc2ccccc2c1. The van der Waals surface area contributed by atoms with E-state index < -0.39 is 28.5 Å². The zero-order chi connectivity index (χ0) is 28.9. The summed E-state index contributed by atoms with van der Waals surface area (Å²) in [5.41, 5.74) is 0.503. The van der Waals surface area contributed by atoms with Gasteiger partial charge in [-0.3, -0.25) is 9.59 Å². The molecule has 2 amide bonds. The number of halogens is 2. The molecule has 0 heterocycles. The van der Waals surface area contributed by atoms with Crippen molar-refractivity contribution in [1.82, 2.24) is 14.5 Å². The second-order valence-corrected chi connectivity index (χ2v) is 13.1. The largest absolute Gasteiger partial charge is 0.352 e. The van der Waals surface area contributed by atoms with Crippen molar-refractivity contribution in [3.8, 4) is 0 Å². The van der Waals surface area contributed by atoms with Crippen LogP contribution < -0.4 is 5.32 Å². The van der Waals surface area contributed by atoms with E-state index in [1.165, 1.54) is 18.0 Å². The molecular formula is C30H35Cl2N3O4S. The van der Waals surface area contributed by atoms with Crippen LogP contribution in [0.5, 0.6) is 0 Å². The van der Waals surface area contributed by atoms with Crippen molar-refractivity contribution in [1.29, 1.82) is 0 Å². The first-order chi connectivity index (χ1) is 19.1. The van der Waals surface area contributed by atoms with Crippen molar-refractivity contribution >= 4 is 55.8 Å². The molecule has 1 saturated carbocycles. The fourth-order valence-corrected chi connectivity index (χ4v) is 6.86. The third kappa shape index (κ3) is 6.97. The summed E-state index contributed by atoms with van der Waals surface area (Å²) in [4.78, 5) is 28.8. The normalized spacial score (nSPS) is 15.2. The lowest BCUT2D eigenvalue weighted by molar-refractivity contribution is -0.141. The van der Waals surface area contributed by atoms with Gasteiger partial charge >= 0.3 is 0 Å². The summed E-state index contributed by atoms with van der Waals surface area (Å²) >= 11 is 12.9. The van der Waals surface area contributed by atoms with Crippen molar-refractivity contribution in [2.45, 2.75) is 69.0 Å². The monoisotopic (exact) mass is 603 g/mol. The second-order valence-electron chi connectivity index (χ2n) is 10.3. The quantitative estimate of drug-likeness (QED) is 0.307. The second kappa shape index (κ2) is 13.3. The van der Waals surface area contributed by atoms with Crippen molar-refractivity contribution in [3.63, 3.8) is 0 Å². The zero-order valence-electron chi connectivity index (χ0n) is 22.8. The molecule has 214 valence electrons. The number of likely N-dealkylation sites (N-methyl/N-ethyl adjacent to an activating group) is 1. The van der Waals surface area contributed by atoms with Gasteiger partial charge in [0.05, 0.1) is 11.4 Å². The Kier molecular flexibility index (Phi) is 10.1.